The van der Waals surface area contributed by atoms with Crippen LogP contribution >= 0.6 is 11.8 Å². The molecule has 1 aromatic carbocycles. The van der Waals surface area contributed by atoms with Gasteiger partial charge in [-0.15, -0.1) is 11.8 Å². The van der Waals surface area contributed by atoms with E-state index in [0.717, 1.165) is 0 Å². The van der Waals surface area contributed by atoms with E-state index in [1.165, 1.54) is 40.9 Å². The molecule has 3 rings (SSSR count). The summed E-state index contributed by atoms with van der Waals surface area (Å²) in [5.74, 6) is -1.94. The van der Waals surface area contributed by atoms with Crippen molar-refractivity contribution in [1.82, 2.24) is 10.2 Å². The number of carboxylic acids is 1. The lowest BCUT2D eigenvalue weighted by Gasteiger charge is -2.43. The molecule has 0 aromatic heterocycles. The molecule has 0 aliphatic carbocycles. The number of hydrogen-bond acceptors (Lipinski definition) is 6. The van der Waals surface area contributed by atoms with Crippen LogP contribution in [0.5, 0.6) is 5.75 Å². The number of nitrogens with two attached hydrogens (primary N) is 1. The molecule has 0 saturated carbocycles. The van der Waals surface area contributed by atoms with Gasteiger partial charge in [-0.25, -0.2) is 4.79 Å². The van der Waals surface area contributed by atoms with Crippen molar-refractivity contribution in [2.24, 2.45) is 5.73 Å². The van der Waals surface area contributed by atoms with E-state index in [0.29, 0.717) is 5.56 Å². The average Bonchev–Trinajstić information content (AvgIpc) is 2.80. The monoisotopic (exact) mass is 365 g/mol. The summed E-state index contributed by atoms with van der Waals surface area (Å²) in [4.78, 5) is 37.5. The van der Waals surface area contributed by atoms with E-state index in [4.69, 9.17) is 5.73 Å². The SMILES string of the molecule is CC1(C)SC2[C@@H](NC(=O)[C@H](N)c3ccc(O)cc3)C(=O)N2[C@@H]1C(=O)O. The lowest BCUT2D eigenvalue weighted by Crippen LogP contribution is -2.71. The summed E-state index contributed by atoms with van der Waals surface area (Å²) in [6.07, 6.45) is 0. The Morgan fingerprint density at radius 1 is 1.32 bits per heavy atom. The molecule has 0 spiro atoms. The summed E-state index contributed by atoms with van der Waals surface area (Å²) in [6.45, 7) is 3.53. The quantitative estimate of drug-likeness (QED) is 0.553. The van der Waals surface area contributed by atoms with E-state index in [-0.39, 0.29) is 5.75 Å². The standard InChI is InChI=1S/C16H19N3O5S/c1-16(2)11(15(23)24)19-13(22)10(14(19)25-16)18-12(21)9(17)7-3-5-8(20)6-4-7/h3-6,9-11,14,20H,17H2,1-2H3,(H,18,21)(H,23,24)/t9-,10+,11-,14?/m1/s1. The number of carboxylic acid groups (broad SMARTS) is 1. The highest BCUT2D eigenvalue weighted by Crippen LogP contribution is 2.50. The number of fused-ring (bicyclic) bond motifs is 1. The van der Waals surface area contributed by atoms with Crippen molar-refractivity contribution >= 4 is 29.5 Å². The second-order valence-electron chi connectivity index (χ2n) is 6.65. The van der Waals surface area contributed by atoms with Gasteiger partial charge in [-0.3, -0.25) is 9.59 Å². The Hall–Kier alpha value is -2.26. The van der Waals surface area contributed by atoms with E-state index in [1.807, 2.05) is 0 Å². The first-order valence-electron chi connectivity index (χ1n) is 7.71. The number of rotatable bonds is 4. The van der Waals surface area contributed by atoms with Crippen molar-refractivity contribution < 1.29 is 24.6 Å². The summed E-state index contributed by atoms with van der Waals surface area (Å²) in [6, 6.07) is 3.21. The molecule has 9 heteroatoms. The summed E-state index contributed by atoms with van der Waals surface area (Å²) in [5.41, 5.74) is 6.41. The number of amides is 2. The summed E-state index contributed by atoms with van der Waals surface area (Å²) in [7, 11) is 0. The number of phenolic OH excluding ortho intramolecular Hbond substituents is 1. The molecule has 8 nitrogen and oxygen atoms in total. The van der Waals surface area contributed by atoms with E-state index in [2.05, 4.69) is 5.32 Å². The number of benzene rings is 1. The van der Waals surface area contributed by atoms with Gasteiger partial charge in [0.1, 0.15) is 29.2 Å². The van der Waals surface area contributed by atoms with E-state index in [1.54, 1.807) is 13.8 Å². The number of nitrogens with one attached hydrogen (secondary N) is 1. The third-order valence-electron chi connectivity index (χ3n) is 4.51. The smallest absolute Gasteiger partial charge is 0.327 e. The van der Waals surface area contributed by atoms with E-state index < -0.39 is 46.0 Å². The third kappa shape index (κ3) is 2.83. The molecule has 4 atom stereocenters. The van der Waals surface area contributed by atoms with Crippen LogP contribution in [-0.2, 0) is 14.4 Å². The molecule has 2 amide bonds. The molecule has 1 unspecified atom stereocenters. The van der Waals surface area contributed by atoms with Crippen LogP contribution in [0.15, 0.2) is 24.3 Å². The van der Waals surface area contributed by atoms with Gasteiger partial charge in [0, 0.05) is 4.75 Å². The number of β-lactam (4-membered cyclic amide) rings is 1. The summed E-state index contributed by atoms with van der Waals surface area (Å²) < 4.78 is -0.648. The lowest BCUT2D eigenvalue weighted by atomic mass is 9.95. The predicted molar refractivity (Wildman–Crippen MR) is 90.7 cm³/mol. The van der Waals surface area contributed by atoms with Gasteiger partial charge < -0.3 is 26.2 Å². The average molecular weight is 365 g/mol. The fourth-order valence-electron chi connectivity index (χ4n) is 3.22. The Kier molecular flexibility index (Phi) is 4.16. The van der Waals surface area contributed by atoms with Gasteiger partial charge in [0.25, 0.3) is 0 Å². The van der Waals surface area contributed by atoms with Gasteiger partial charge >= 0.3 is 5.97 Å². The van der Waals surface area contributed by atoms with Crippen molar-refractivity contribution in [1.29, 1.82) is 0 Å². The lowest BCUT2D eigenvalue weighted by molar-refractivity contribution is -0.161. The third-order valence-corrected chi connectivity index (χ3v) is 6.08. The fraction of sp³-hybridized carbons (Fsp3) is 0.438. The van der Waals surface area contributed by atoms with Crippen molar-refractivity contribution in [2.45, 2.75) is 42.1 Å². The molecule has 25 heavy (non-hydrogen) atoms. The van der Waals surface area contributed by atoms with Crippen molar-refractivity contribution in [3.05, 3.63) is 29.8 Å². The fourth-order valence-corrected chi connectivity index (χ4v) is 4.85. The normalized spacial score (nSPS) is 28.0. The van der Waals surface area contributed by atoms with Crippen LogP contribution in [0, 0.1) is 0 Å². The number of carbonyl (C=O) groups excluding carboxylic acids is 2. The Bertz CT molecular complexity index is 736. The molecule has 2 aliphatic heterocycles. The van der Waals surface area contributed by atoms with Crippen LogP contribution in [0.4, 0.5) is 0 Å². The zero-order chi connectivity index (χ0) is 18.5. The number of aliphatic carboxylic acids is 1. The number of aromatic hydroxyl groups is 1. The Labute approximate surface area is 148 Å². The maximum atomic E-state index is 12.3. The summed E-state index contributed by atoms with van der Waals surface area (Å²) in [5, 5.41) is 20.9. The molecule has 1 aromatic rings. The molecule has 2 heterocycles. The molecule has 2 aliphatic rings. The van der Waals surface area contributed by atoms with Gasteiger partial charge in [0.15, 0.2) is 0 Å². The molecule has 5 N–H and O–H groups in total. The number of hydrogen-bond donors (Lipinski definition) is 4. The molecule has 0 radical (unpaired) electrons. The Balaban J connectivity index is 1.70. The molecule has 2 saturated heterocycles. The van der Waals surface area contributed by atoms with Crippen molar-refractivity contribution in [3.63, 3.8) is 0 Å². The topological polar surface area (TPSA) is 133 Å². The highest BCUT2D eigenvalue weighted by atomic mass is 32.2. The second kappa shape index (κ2) is 5.92. The minimum Gasteiger partial charge on any atom is -0.508 e. The zero-order valence-corrected chi connectivity index (χ0v) is 14.5. The Morgan fingerprint density at radius 2 is 1.92 bits per heavy atom. The highest BCUT2D eigenvalue weighted by molar-refractivity contribution is 8.01. The van der Waals surface area contributed by atoms with Crippen LogP contribution in [0.3, 0.4) is 0 Å². The highest BCUT2D eigenvalue weighted by Gasteiger charge is 2.64. The van der Waals surface area contributed by atoms with E-state index in [9.17, 15) is 24.6 Å². The van der Waals surface area contributed by atoms with E-state index >= 15 is 0 Å². The van der Waals surface area contributed by atoms with Gasteiger partial charge in [0.2, 0.25) is 11.8 Å². The van der Waals surface area contributed by atoms with Gasteiger partial charge in [-0.1, -0.05) is 12.1 Å². The minimum atomic E-state index is -1.06. The number of carbonyl (C=O) groups is 3. The van der Waals surface area contributed by atoms with Crippen LogP contribution in [0.1, 0.15) is 25.5 Å². The second-order valence-corrected chi connectivity index (χ2v) is 8.42. The first-order valence-corrected chi connectivity index (χ1v) is 8.59. The molecular formula is C16H19N3O5S. The maximum absolute atomic E-state index is 12.3. The van der Waals surface area contributed by atoms with Gasteiger partial charge in [-0.2, -0.15) is 0 Å². The van der Waals surface area contributed by atoms with Crippen molar-refractivity contribution in [2.75, 3.05) is 0 Å². The minimum absolute atomic E-state index is 0.0606. The van der Waals surface area contributed by atoms with Gasteiger partial charge in [0.05, 0.1) is 0 Å². The molecule has 2 fully saturated rings. The molecule has 0 bridgehead atoms. The van der Waals surface area contributed by atoms with Crippen LogP contribution < -0.4 is 11.1 Å². The molecular weight excluding hydrogens is 346 g/mol. The maximum Gasteiger partial charge on any atom is 0.327 e. The van der Waals surface area contributed by atoms with Gasteiger partial charge in [-0.05, 0) is 31.5 Å². The first kappa shape index (κ1) is 17.6. The van der Waals surface area contributed by atoms with Crippen LogP contribution in [0.25, 0.3) is 0 Å². The number of phenols is 1. The summed E-state index contributed by atoms with van der Waals surface area (Å²) >= 11 is 1.35. The number of thioether (sulfide) groups is 1. The predicted octanol–water partition coefficient (Wildman–Crippen LogP) is 0.0237. The van der Waals surface area contributed by atoms with Crippen molar-refractivity contribution in [3.8, 4) is 5.75 Å². The van der Waals surface area contributed by atoms with Crippen LogP contribution in [0.2, 0.25) is 0 Å². The molecule has 134 valence electrons. The largest absolute Gasteiger partial charge is 0.508 e. The Morgan fingerprint density at radius 3 is 2.48 bits per heavy atom. The first-order chi connectivity index (χ1) is 11.6. The number of nitrogens with zero attached hydrogens (tertiary/aromatic N) is 1. The zero-order valence-electron chi connectivity index (χ0n) is 13.7. The van der Waals surface area contributed by atoms with Crippen LogP contribution in [-0.4, -0.2) is 55.1 Å².